The van der Waals surface area contributed by atoms with Crippen molar-refractivity contribution in [3.63, 3.8) is 0 Å². The van der Waals surface area contributed by atoms with E-state index in [1.807, 2.05) is 6.92 Å². The van der Waals surface area contributed by atoms with Gasteiger partial charge in [-0.25, -0.2) is 0 Å². The van der Waals surface area contributed by atoms with Crippen LogP contribution in [0.4, 0.5) is 0 Å². The molecule has 1 aliphatic rings. The van der Waals surface area contributed by atoms with Crippen LogP contribution in [0.5, 0.6) is 0 Å². The number of rotatable bonds is 4. The Labute approximate surface area is 106 Å². The predicted molar refractivity (Wildman–Crippen MR) is 70.0 cm³/mol. The normalized spacial score (nSPS) is 17.0. The number of carbonyl (C=O) groups is 2. The number of Topliss-reactive ketones (excluding diaryl/α,β-unsaturated/α-hetero) is 1. The van der Waals surface area contributed by atoms with E-state index < -0.39 is 0 Å². The van der Waals surface area contributed by atoms with E-state index in [9.17, 15) is 9.59 Å². The lowest BCUT2D eigenvalue weighted by Crippen LogP contribution is -2.12. The summed E-state index contributed by atoms with van der Waals surface area (Å²) in [6.07, 6.45) is 7.72. The Morgan fingerprint density at radius 3 is 2.71 bits per heavy atom. The van der Waals surface area contributed by atoms with Gasteiger partial charge in [-0.05, 0) is 18.9 Å². The topological polar surface area (TPSA) is 34.1 Å². The molecule has 0 aliphatic heterocycles. The Morgan fingerprint density at radius 2 is 2.12 bits per heavy atom. The highest BCUT2D eigenvalue weighted by molar-refractivity contribution is 7.13. The standard InChI is InChI=1S/C14H18O2S/c1-10-13(8-12(9-15)17-10)14(16)7-11-5-3-2-4-6-11/h8-9,11H,2-7H2,1H3. The highest BCUT2D eigenvalue weighted by atomic mass is 32.1. The molecule has 0 aromatic carbocycles. The minimum absolute atomic E-state index is 0.221. The molecule has 1 heterocycles. The zero-order valence-electron chi connectivity index (χ0n) is 10.2. The lowest BCUT2D eigenvalue weighted by molar-refractivity contribution is 0.0950. The lowest BCUT2D eigenvalue weighted by atomic mass is 9.85. The fourth-order valence-electron chi connectivity index (χ4n) is 2.60. The SMILES string of the molecule is Cc1sc(C=O)cc1C(=O)CC1CCCCC1. The number of hydrogen-bond acceptors (Lipinski definition) is 3. The molecule has 0 atom stereocenters. The summed E-state index contributed by atoms with van der Waals surface area (Å²) in [7, 11) is 0. The second-order valence-electron chi connectivity index (χ2n) is 4.87. The van der Waals surface area contributed by atoms with E-state index in [4.69, 9.17) is 0 Å². The molecule has 92 valence electrons. The summed E-state index contributed by atoms with van der Waals surface area (Å²) in [5, 5.41) is 0. The molecule has 0 amide bonds. The first-order valence-electron chi connectivity index (χ1n) is 6.29. The monoisotopic (exact) mass is 250 g/mol. The van der Waals surface area contributed by atoms with Crippen LogP contribution in [0.1, 0.15) is 63.4 Å². The molecule has 2 nitrogen and oxygen atoms in total. The van der Waals surface area contributed by atoms with E-state index in [-0.39, 0.29) is 5.78 Å². The van der Waals surface area contributed by atoms with Gasteiger partial charge in [0, 0.05) is 16.9 Å². The molecule has 1 aromatic rings. The van der Waals surface area contributed by atoms with E-state index in [0.717, 1.165) is 16.7 Å². The molecule has 1 aliphatic carbocycles. The highest BCUT2D eigenvalue weighted by Gasteiger charge is 2.20. The van der Waals surface area contributed by atoms with E-state index in [2.05, 4.69) is 0 Å². The quantitative estimate of drug-likeness (QED) is 0.597. The maximum absolute atomic E-state index is 12.2. The van der Waals surface area contributed by atoms with Crippen LogP contribution >= 0.6 is 11.3 Å². The Kier molecular flexibility index (Phi) is 4.11. The first-order chi connectivity index (χ1) is 8.20. The Balaban J connectivity index is 2.02. The van der Waals surface area contributed by atoms with Crippen molar-refractivity contribution >= 4 is 23.4 Å². The van der Waals surface area contributed by atoms with Gasteiger partial charge >= 0.3 is 0 Å². The molecular formula is C14H18O2S. The summed E-state index contributed by atoms with van der Waals surface area (Å²) < 4.78 is 0. The van der Waals surface area contributed by atoms with Crippen LogP contribution in [0, 0.1) is 12.8 Å². The molecule has 17 heavy (non-hydrogen) atoms. The molecule has 0 spiro atoms. The molecule has 1 aromatic heterocycles. The van der Waals surface area contributed by atoms with Gasteiger partial charge < -0.3 is 0 Å². The van der Waals surface area contributed by atoms with Gasteiger partial charge in [0.2, 0.25) is 0 Å². The van der Waals surface area contributed by atoms with Gasteiger partial charge in [-0.2, -0.15) is 0 Å². The summed E-state index contributed by atoms with van der Waals surface area (Å²) in [5.41, 5.74) is 0.766. The number of hydrogen-bond donors (Lipinski definition) is 0. The molecule has 0 bridgehead atoms. The summed E-state index contributed by atoms with van der Waals surface area (Å²) in [5.74, 6) is 0.786. The van der Waals surface area contributed by atoms with E-state index in [1.54, 1.807) is 6.07 Å². The highest BCUT2D eigenvalue weighted by Crippen LogP contribution is 2.29. The first-order valence-corrected chi connectivity index (χ1v) is 7.11. The van der Waals surface area contributed by atoms with Crippen molar-refractivity contribution in [1.82, 2.24) is 0 Å². The van der Waals surface area contributed by atoms with Crippen molar-refractivity contribution < 1.29 is 9.59 Å². The van der Waals surface area contributed by atoms with Gasteiger partial charge in [0.25, 0.3) is 0 Å². The molecule has 0 unspecified atom stereocenters. The number of aryl methyl sites for hydroxylation is 1. The molecular weight excluding hydrogens is 232 g/mol. The van der Waals surface area contributed by atoms with E-state index >= 15 is 0 Å². The third-order valence-electron chi connectivity index (χ3n) is 3.55. The maximum Gasteiger partial charge on any atom is 0.164 e. The van der Waals surface area contributed by atoms with E-state index in [1.165, 1.54) is 43.4 Å². The average Bonchev–Trinajstić information content (AvgIpc) is 2.72. The van der Waals surface area contributed by atoms with Gasteiger partial charge in [-0.1, -0.05) is 32.1 Å². The number of ketones is 1. The lowest BCUT2D eigenvalue weighted by Gasteiger charge is -2.20. The molecule has 3 heteroatoms. The van der Waals surface area contributed by atoms with Crippen LogP contribution in [-0.2, 0) is 0 Å². The Bertz CT molecular complexity index is 414. The summed E-state index contributed by atoms with van der Waals surface area (Å²) >= 11 is 1.42. The first kappa shape index (κ1) is 12.5. The fraction of sp³-hybridized carbons (Fsp3) is 0.571. The summed E-state index contributed by atoms with van der Waals surface area (Å²) in [4.78, 5) is 24.5. The third kappa shape index (κ3) is 3.03. The molecule has 1 saturated carbocycles. The van der Waals surface area contributed by atoms with Crippen LogP contribution in [0.2, 0.25) is 0 Å². The predicted octanol–water partition coefficient (Wildman–Crippen LogP) is 4.02. The average molecular weight is 250 g/mol. The second kappa shape index (κ2) is 5.58. The third-order valence-corrected chi connectivity index (χ3v) is 4.53. The van der Waals surface area contributed by atoms with Crippen LogP contribution < -0.4 is 0 Å². The Hall–Kier alpha value is -0.960. The van der Waals surface area contributed by atoms with Crippen molar-refractivity contribution in [3.05, 3.63) is 21.4 Å². The zero-order valence-corrected chi connectivity index (χ0v) is 11.0. The van der Waals surface area contributed by atoms with Crippen LogP contribution in [0.3, 0.4) is 0 Å². The van der Waals surface area contributed by atoms with Gasteiger partial charge in [0.1, 0.15) is 0 Å². The van der Waals surface area contributed by atoms with Crippen LogP contribution in [-0.4, -0.2) is 12.1 Å². The van der Waals surface area contributed by atoms with Crippen molar-refractivity contribution in [3.8, 4) is 0 Å². The minimum atomic E-state index is 0.221. The van der Waals surface area contributed by atoms with Crippen molar-refractivity contribution in [2.45, 2.75) is 45.4 Å². The van der Waals surface area contributed by atoms with E-state index in [0.29, 0.717) is 17.2 Å². The van der Waals surface area contributed by atoms with Crippen molar-refractivity contribution in [2.24, 2.45) is 5.92 Å². The fourth-order valence-corrected chi connectivity index (χ4v) is 3.46. The zero-order chi connectivity index (χ0) is 12.3. The molecule has 0 N–H and O–H groups in total. The van der Waals surface area contributed by atoms with Gasteiger partial charge in [0.05, 0.1) is 4.88 Å². The van der Waals surface area contributed by atoms with Crippen molar-refractivity contribution in [2.75, 3.05) is 0 Å². The molecule has 1 fully saturated rings. The summed E-state index contributed by atoms with van der Waals surface area (Å²) in [6.45, 7) is 1.92. The van der Waals surface area contributed by atoms with Crippen molar-refractivity contribution in [1.29, 1.82) is 0 Å². The maximum atomic E-state index is 12.2. The number of thiophene rings is 1. The molecule has 0 saturated heterocycles. The van der Waals surface area contributed by atoms with Crippen LogP contribution in [0.25, 0.3) is 0 Å². The smallest absolute Gasteiger partial charge is 0.164 e. The largest absolute Gasteiger partial charge is 0.297 e. The van der Waals surface area contributed by atoms with Crippen LogP contribution in [0.15, 0.2) is 6.07 Å². The summed E-state index contributed by atoms with van der Waals surface area (Å²) in [6, 6.07) is 1.75. The second-order valence-corrected chi connectivity index (χ2v) is 6.16. The van der Waals surface area contributed by atoms with Gasteiger partial charge in [0.15, 0.2) is 12.1 Å². The Morgan fingerprint density at radius 1 is 1.41 bits per heavy atom. The van der Waals surface area contributed by atoms with Gasteiger partial charge in [-0.3, -0.25) is 9.59 Å². The minimum Gasteiger partial charge on any atom is -0.297 e. The number of carbonyl (C=O) groups excluding carboxylic acids is 2. The number of aldehydes is 1. The molecule has 2 rings (SSSR count). The van der Waals surface area contributed by atoms with Gasteiger partial charge in [-0.15, -0.1) is 11.3 Å². The molecule has 0 radical (unpaired) electrons.